The second kappa shape index (κ2) is 4.04. The van der Waals surface area contributed by atoms with Gasteiger partial charge in [0.05, 0.1) is 6.10 Å². The number of nitrogens with zero attached hydrogens (tertiary/aromatic N) is 1. The van der Waals surface area contributed by atoms with Crippen LogP contribution in [0.25, 0.3) is 0 Å². The van der Waals surface area contributed by atoms with Crippen molar-refractivity contribution in [3.63, 3.8) is 0 Å². The van der Waals surface area contributed by atoms with Gasteiger partial charge in [0.15, 0.2) is 0 Å². The summed E-state index contributed by atoms with van der Waals surface area (Å²) in [5, 5.41) is 12.7. The van der Waals surface area contributed by atoms with Gasteiger partial charge in [-0.25, -0.2) is 0 Å². The first-order chi connectivity index (χ1) is 5.25. The van der Waals surface area contributed by atoms with E-state index in [1.807, 2.05) is 6.92 Å². The molecule has 66 valence electrons. The fraction of sp³-hybridized carbons (Fsp3) is 1.00. The summed E-state index contributed by atoms with van der Waals surface area (Å²) in [6, 6.07) is 0.314. The van der Waals surface area contributed by atoms with Gasteiger partial charge < -0.3 is 10.4 Å². The first-order valence-corrected chi connectivity index (χ1v) is 4.38. The maximum Gasteiger partial charge on any atom is 0.0679 e. The van der Waals surface area contributed by atoms with E-state index in [0.717, 1.165) is 26.2 Å². The summed E-state index contributed by atoms with van der Waals surface area (Å²) in [4.78, 5) is 2.32. The number of hydrogen-bond acceptors (Lipinski definition) is 3. The van der Waals surface area contributed by atoms with Crippen molar-refractivity contribution in [3.8, 4) is 0 Å². The molecular weight excluding hydrogens is 140 g/mol. The molecule has 0 saturated carbocycles. The van der Waals surface area contributed by atoms with Crippen molar-refractivity contribution in [2.75, 3.05) is 26.2 Å². The van der Waals surface area contributed by atoms with Crippen LogP contribution >= 0.6 is 0 Å². The van der Waals surface area contributed by atoms with Crippen LogP contribution in [0.15, 0.2) is 0 Å². The Morgan fingerprint density at radius 1 is 1.73 bits per heavy atom. The van der Waals surface area contributed by atoms with Crippen molar-refractivity contribution in [2.45, 2.75) is 26.0 Å². The largest absolute Gasteiger partial charge is 0.392 e. The summed E-state index contributed by atoms with van der Waals surface area (Å²) in [6.45, 7) is 8.08. The Morgan fingerprint density at radius 3 is 2.91 bits per heavy atom. The van der Waals surface area contributed by atoms with Crippen molar-refractivity contribution in [1.82, 2.24) is 10.2 Å². The van der Waals surface area contributed by atoms with E-state index in [4.69, 9.17) is 0 Å². The molecule has 2 N–H and O–H groups in total. The first-order valence-electron chi connectivity index (χ1n) is 4.38. The molecule has 1 aliphatic rings. The highest BCUT2D eigenvalue weighted by atomic mass is 16.3. The number of nitrogens with one attached hydrogen (secondary N) is 1. The summed E-state index contributed by atoms with van der Waals surface area (Å²) in [5.74, 6) is 0. The lowest BCUT2D eigenvalue weighted by atomic mass is 10.1. The molecule has 1 aliphatic heterocycles. The molecule has 0 aromatic rings. The van der Waals surface area contributed by atoms with Crippen molar-refractivity contribution in [1.29, 1.82) is 0 Å². The van der Waals surface area contributed by atoms with Crippen LogP contribution in [0.5, 0.6) is 0 Å². The lowest BCUT2D eigenvalue weighted by Crippen LogP contribution is -2.55. The summed E-state index contributed by atoms with van der Waals surface area (Å²) >= 11 is 0. The van der Waals surface area contributed by atoms with E-state index in [1.165, 1.54) is 0 Å². The van der Waals surface area contributed by atoms with Gasteiger partial charge in [0, 0.05) is 25.7 Å². The smallest absolute Gasteiger partial charge is 0.0679 e. The molecule has 0 amide bonds. The Bertz CT molecular complexity index is 117. The van der Waals surface area contributed by atoms with Crippen molar-refractivity contribution < 1.29 is 5.11 Å². The molecule has 1 fully saturated rings. The summed E-state index contributed by atoms with van der Waals surface area (Å²) in [7, 11) is 0. The number of piperazine rings is 1. The fourth-order valence-corrected chi connectivity index (χ4v) is 1.64. The number of likely N-dealkylation sites (N-methyl/N-ethyl adjacent to an activating group) is 1. The van der Waals surface area contributed by atoms with Crippen LogP contribution in [-0.4, -0.2) is 48.3 Å². The lowest BCUT2D eigenvalue weighted by molar-refractivity contribution is 0.0487. The molecule has 0 aromatic carbocycles. The van der Waals surface area contributed by atoms with Crippen LogP contribution in [0.3, 0.4) is 0 Å². The van der Waals surface area contributed by atoms with Gasteiger partial charge in [-0.15, -0.1) is 0 Å². The van der Waals surface area contributed by atoms with E-state index in [2.05, 4.69) is 17.1 Å². The second-order valence-corrected chi connectivity index (χ2v) is 3.14. The molecular formula is C8H18N2O. The van der Waals surface area contributed by atoms with Crippen LogP contribution in [0, 0.1) is 0 Å². The van der Waals surface area contributed by atoms with Gasteiger partial charge in [-0.3, -0.25) is 4.90 Å². The Kier molecular flexibility index (Phi) is 3.30. The third kappa shape index (κ3) is 2.15. The molecule has 1 saturated heterocycles. The van der Waals surface area contributed by atoms with Gasteiger partial charge >= 0.3 is 0 Å². The van der Waals surface area contributed by atoms with E-state index in [0.29, 0.717) is 6.04 Å². The number of aliphatic hydroxyl groups is 1. The topological polar surface area (TPSA) is 35.5 Å². The normalized spacial score (nSPS) is 30.3. The predicted octanol–water partition coefficient (Wildman–Crippen LogP) is -0.339. The highest BCUT2D eigenvalue weighted by molar-refractivity contribution is 4.82. The Labute approximate surface area is 68.4 Å². The zero-order valence-corrected chi connectivity index (χ0v) is 7.38. The van der Waals surface area contributed by atoms with Crippen molar-refractivity contribution >= 4 is 0 Å². The molecule has 3 heteroatoms. The van der Waals surface area contributed by atoms with Crippen LogP contribution in [0.1, 0.15) is 13.8 Å². The minimum Gasteiger partial charge on any atom is -0.392 e. The summed E-state index contributed by atoms with van der Waals surface area (Å²) in [6.07, 6.45) is -0.220. The van der Waals surface area contributed by atoms with Gasteiger partial charge in [0.2, 0.25) is 0 Å². The Balaban J connectivity index is 2.44. The highest BCUT2D eigenvalue weighted by Gasteiger charge is 2.24. The average Bonchev–Trinajstić information content (AvgIpc) is 2.04. The van der Waals surface area contributed by atoms with Gasteiger partial charge in [0.1, 0.15) is 0 Å². The molecule has 2 unspecified atom stereocenters. The predicted molar refractivity (Wildman–Crippen MR) is 45.6 cm³/mol. The average molecular weight is 158 g/mol. The van der Waals surface area contributed by atoms with Gasteiger partial charge in [-0.05, 0) is 13.5 Å². The van der Waals surface area contributed by atoms with E-state index < -0.39 is 0 Å². The molecule has 3 nitrogen and oxygen atoms in total. The first kappa shape index (κ1) is 8.97. The van der Waals surface area contributed by atoms with Crippen LogP contribution in [0.4, 0.5) is 0 Å². The minimum absolute atomic E-state index is 0.220. The van der Waals surface area contributed by atoms with Gasteiger partial charge in [-0.1, -0.05) is 6.92 Å². The second-order valence-electron chi connectivity index (χ2n) is 3.14. The molecule has 1 rings (SSSR count). The van der Waals surface area contributed by atoms with Crippen LogP contribution in [0.2, 0.25) is 0 Å². The molecule has 2 atom stereocenters. The monoisotopic (exact) mass is 158 g/mol. The van der Waals surface area contributed by atoms with Crippen molar-refractivity contribution in [3.05, 3.63) is 0 Å². The zero-order valence-electron chi connectivity index (χ0n) is 7.38. The quantitative estimate of drug-likeness (QED) is 0.577. The molecule has 0 radical (unpaired) electrons. The van der Waals surface area contributed by atoms with E-state index in [1.54, 1.807) is 0 Å². The minimum atomic E-state index is -0.220. The molecule has 0 aliphatic carbocycles. The van der Waals surface area contributed by atoms with E-state index in [9.17, 15) is 5.11 Å². The highest BCUT2D eigenvalue weighted by Crippen LogP contribution is 2.06. The SMILES string of the molecule is CCN1CCNCC1C(C)O. The molecule has 11 heavy (non-hydrogen) atoms. The number of hydrogen-bond donors (Lipinski definition) is 2. The third-order valence-electron chi connectivity index (χ3n) is 2.36. The summed E-state index contributed by atoms with van der Waals surface area (Å²) in [5.41, 5.74) is 0. The maximum atomic E-state index is 9.40. The standard InChI is InChI=1S/C8H18N2O/c1-3-10-5-4-9-6-8(10)7(2)11/h7-9,11H,3-6H2,1-2H3. The van der Waals surface area contributed by atoms with Gasteiger partial charge in [-0.2, -0.15) is 0 Å². The van der Waals surface area contributed by atoms with Crippen LogP contribution in [-0.2, 0) is 0 Å². The molecule has 0 aromatic heterocycles. The Hall–Kier alpha value is -0.120. The number of rotatable bonds is 2. The van der Waals surface area contributed by atoms with Crippen LogP contribution < -0.4 is 5.32 Å². The van der Waals surface area contributed by atoms with E-state index >= 15 is 0 Å². The van der Waals surface area contributed by atoms with Crippen molar-refractivity contribution in [2.24, 2.45) is 0 Å². The molecule has 0 bridgehead atoms. The van der Waals surface area contributed by atoms with E-state index in [-0.39, 0.29) is 6.10 Å². The number of aliphatic hydroxyl groups excluding tert-OH is 1. The Morgan fingerprint density at radius 2 is 2.45 bits per heavy atom. The summed E-state index contributed by atoms with van der Waals surface area (Å²) < 4.78 is 0. The molecule has 1 heterocycles. The molecule has 0 spiro atoms. The third-order valence-corrected chi connectivity index (χ3v) is 2.36. The maximum absolute atomic E-state index is 9.40. The fourth-order valence-electron chi connectivity index (χ4n) is 1.64. The van der Waals surface area contributed by atoms with Gasteiger partial charge in [0.25, 0.3) is 0 Å². The zero-order chi connectivity index (χ0) is 8.27. The lowest BCUT2D eigenvalue weighted by Gasteiger charge is -2.36.